The van der Waals surface area contributed by atoms with Gasteiger partial charge in [0.1, 0.15) is 11.4 Å². The molecule has 4 heteroatoms. The van der Waals surface area contributed by atoms with E-state index in [0.717, 1.165) is 6.42 Å². The normalized spacial score (nSPS) is 27.6. The molecule has 0 aromatic heterocycles. The van der Waals surface area contributed by atoms with Crippen molar-refractivity contribution in [3.63, 3.8) is 0 Å². The minimum Gasteiger partial charge on any atom is -0.460 e. The lowest BCUT2D eigenvalue weighted by Gasteiger charge is -2.29. The van der Waals surface area contributed by atoms with Crippen molar-refractivity contribution in [3.05, 3.63) is 0 Å². The van der Waals surface area contributed by atoms with Crippen LogP contribution in [0.4, 0.5) is 0 Å². The molecular weight excluding hydrogens is 194 g/mol. The van der Waals surface area contributed by atoms with Crippen molar-refractivity contribution >= 4 is 11.8 Å². The van der Waals surface area contributed by atoms with Crippen molar-refractivity contribution in [2.75, 3.05) is 0 Å². The Morgan fingerprint density at radius 3 is 2.60 bits per heavy atom. The van der Waals surface area contributed by atoms with E-state index in [1.54, 1.807) is 20.8 Å². The summed E-state index contributed by atoms with van der Waals surface area (Å²) < 4.78 is 5.22. The first-order chi connectivity index (χ1) is 6.81. The Kier molecular flexibility index (Phi) is 3.50. The van der Waals surface area contributed by atoms with E-state index in [1.807, 2.05) is 0 Å². The molecule has 15 heavy (non-hydrogen) atoms. The van der Waals surface area contributed by atoms with Crippen LogP contribution in [0.5, 0.6) is 0 Å². The minimum atomic E-state index is -0.673. The molecule has 0 bridgehead atoms. The smallest absolute Gasteiger partial charge is 0.311 e. The van der Waals surface area contributed by atoms with Crippen molar-refractivity contribution in [1.29, 1.82) is 0 Å². The van der Waals surface area contributed by atoms with Gasteiger partial charge in [0.15, 0.2) is 0 Å². The Bertz CT molecular complexity index is 267. The maximum absolute atomic E-state index is 11.7. The third kappa shape index (κ3) is 3.30. The fourth-order valence-corrected chi connectivity index (χ4v) is 1.71. The fraction of sp³-hybridized carbons (Fsp3) is 0.818. The SMILES string of the molecule is CC(C)(C)OC(=O)C1CCCC(=O)C1N. The summed E-state index contributed by atoms with van der Waals surface area (Å²) in [5, 5.41) is 0. The molecule has 86 valence electrons. The number of rotatable bonds is 1. The number of Topliss-reactive ketones (excluding diaryl/α,β-unsaturated/α-hetero) is 1. The number of ketones is 1. The van der Waals surface area contributed by atoms with Crippen molar-refractivity contribution < 1.29 is 14.3 Å². The van der Waals surface area contributed by atoms with Gasteiger partial charge in [0, 0.05) is 6.42 Å². The second kappa shape index (κ2) is 4.31. The highest BCUT2D eigenvalue weighted by Gasteiger charge is 2.36. The number of ether oxygens (including phenoxy) is 1. The minimum absolute atomic E-state index is 0.0305. The topological polar surface area (TPSA) is 69.4 Å². The van der Waals surface area contributed by atoms with Crippen molar-refractivity contribution in [3.8, 4) is 0 Å². The highest BCUT2D eigenvalue weighted by atomic mass is 16.6. The van der Waals surface area contributed by atoms with Gasteiger partial charge in [0.25, 0.3) is 0 Å². The molecule has 0 amide bonds. The molecule has 1 aliphatic carbocycles. The first-order valence-electron chi connectivity index (χ1n) is 5.32. The summed E-state index contributed by atoms with van der Waals surface area (Å²) in [6.45, 7) is 5.42. The third-order valence-corrected chi connectivity index (χ3v) is 2.45. The van der Waals surface area contributed by atoms with Crippen LogP contribution in [-0.4, -0.2) is 23.4 Å². The molecule has 1 saturated carbocycles. The van der Waals surface area contributed by atoms with E-state index in [1.165, 1.54) is 0 Å². The molecule has 0 aromatic carbocycles. The summed E-state index contributed by atoms with van der Waals surface area (Å²) in [6, 6.07) is -0.673. The van der Waals surface area contributed by atoms with Gasteiger partial charge in [-0.1, -0.05) is 0 Å². The fourth-order valence-electron chi connectivity index (χ4n) is 1.71. The van der Waals surface area contributed by atoms with Crippen LogP contribution < -0.4 is 5.73 Å². The van der Waals surface area contributed by atoms with Gasteiger partial charge in [-0.3, -0.25) is 9.59 Å². The van der Waals surface area contributed by atoms with E-state index in [4.69, 9.17) is 10.5 Å². The Labute approximate surface area is 90.2 Å². The van der Waals surface area contributed by atoms with Crippen LogP contribution in [-0.2, 0) is 14.3 Å². The highest BCUT2D eigenvalue weighted by molar-refractivity contribution is 5.90. The molecule has 0 aromatic rings. The zero-order valence-corrected chi connectivity index (χ0v) is 9.58. The van der Waals surface area contributed by atoms with Crippen molar-refractivity contribution in [1.82, 2.24) is 0 Å². The molecule has 1 fully saturated rings. The van der Waals surface area contributed by atoms with Crippen LogP contribution in [0.1, 0.15) is 40.0 Å². The third-order valence-electron chi connectivity index (χ3n) is 2.45. The summed E-state index contributed by atoms with van der Waals surface area (Å²) in [5.74, 6) is -0.828. The Hall–Kier alpha value is -0.900. The molecule has 0 heterocycles. The molecule has 0 aliphatic heterocycles. The monoisotopic (exact) mass is 213 g/mol. The van der Waals surface area contributed by atoms with Crippen LogP contribution >= 0.6 is 0 Å². The van der Waals surface area contributed by atoms with Gasteiger partial charge in [0.2, 0.25) is 0 Å². The zero-order chi connectivity index (χ0) is 11.6. The Balaban J connectivity index is 2.63. The lowest BCUT2D eigenvalue weighted by atomic mass is 9.84. The zero-order valence-electron chi connectivity index (χ0n) is 9.58. The maximum Gasteiger partial charge on any atom is 0.311 e. The van der Waals surface area contributed by atoms with E-state index in [9.17, 15) is 9.59 Å². The van der Waals surface area contributed by atoms with Gasteiger partial charge in [-0.2, -0.15) is 0 Å². The molecule has 1 rings (SSSR count). The summed E-state index contributed by atoms with van der Waals surface area (Å²) in [5.41, 5.74) is 5.18. The number of hydrogen-bond donors (Lipinski definition) is 1. The Morgan fingerprint density at radius 1 is 1.47 bits per heavy atom. The van der Waals surface area contributed by atoms with Crippen LogP contribution in [0.2, 0.25) is 0 Å². The molecule has 0 spiro atoms. The summed E-state index contributed by atoms with van der Waals surface area (Å²) in [7, 11) is 0. The van der Waals surface area contributed by atoms with Gasteiger partial charge in [-0.05, 0) is 33.6 Å². The molecule has 1 aliphatic rings. The molecular formula is C11H19NO3. The average molecular weight is 213 g/mol. The standard InChI is InChI=1S/C11H19NO3/c1-11(2,3)15-10(14)7-5-4-6-8(13)9(7)12/h7,9H,4-6,12H2,1-3H3. The molecule has 2 atom stereocenters. The van der Waals surface area contributed by atoms with Gasteiger partial charge in [0.05, 0.1) is 12.0 Å². The van der Waals surface area contributed by atoms with Crippen LogP contribution in [0.15, 0.2) is 0 Å². The molecule has 2 N–H and O–H groups in total. The Morgan fingerprint density at radius 2 is 2.07 bits per heavy atom. The lowest BCUT2D eigenvalue weighted by Crippen LogP contribution is -2.46. The van der Waals surface area contributed by atoms with E-state index < -0.39 is 17.6 Å². The predicted molar refractivity (Wildman–Crippen MR) is 56.2 cm³/mol. The molecule has 0 saturated heterocycles. The van der Waals surface area contributed by atoms with Crippen molar-refractivity contribution in [2.45, 2.75) is 51.7 Å². The number of hydrogen-bond acceptors (Lipinski definition) is 4. The number of carbonyl (C=O) groups excluding carboxylic acids is 2. The van der Waals surface area contributed by atoms with Crippen LogP contribution in [0.25, 0.3) is 0 Å². The predicted octanol–water partition coefficient (Wildman–Crippen LogP) is 1.02. The number of nitrogens with two attached hydrogens (primary N) is 1. The summed E-state index contributed by atoms with van der Waals surface area (Å²) >= 11 is 0. The lowest BCUT2D eigenvalue weighted by molar-refractivity contribution is -0.163. The second-order valence-electron chi connectivity index (χ2n) is 5.02. The van der Waals surface area contributed by atoms with E-state index in [2.05, 4.69) is 0 Å². The van der Waals surface area contributed by atoms with Gasteiger partial charge < -0.3 is 10.5 Å². The van der Waals surface area contributed by atoms with Gasteiger partial charge in [-0.15, -0.1) is 0 Å². The van der Waals surface area contributed by atoms with Crippen LogP contribution in [0.3, 0.4) is 0 Å². The molecule has 0 radical (unpaired) electrons. The van der Waals surface area contributed by atoms with Gasteiger partial charge >= 0.3 is 5.97 Å². The first-order valence-corrected chi connectivity index (χ1v) is 5.32. The average Bonchev–Trinajstić information content (AvgIpc) is 2.06. The summed E-state index contributed by atoms with van der Waals surface area (Å²) in [4.78, 5) is 23.1. The van der Waals surface area contributed by atoms with E-state index in [-0.39, 0.29) is 11.8 Å². The number of carbonyl (C=O) groups is 2. The van der Waals surface area contributed by atoms with E-state index in [0.29, 0.717) is 12.8 Å². The van der Waals surface area contributed by atoms with Gasteiger partial charge in [-0.25, -0.2) is 0 Å². The first kappa shape index (κ1) is 12.2. The summed E-state index contributed by atoms with van der Waals surface area (Å²) in [6.07, 6.45) is 1.87. The van der Waals surface area contributed by atoms with Crippen molar-refractivity contribution in [2.24, 2.45) is 11.7 Å². The largest absolute Gasteiger partial charge is 0.460 e. The van der Waals surface area contributed by atoms with Crippen LogP contribution in [0, 0.1) is 5.92 Å². The molecule has 4 nitrogen and oxygen atoms in total. The number of esters is 1. The molecule has 2 unspecified atom stereocenters. The quantitative estimate of drug-likeness (QED) is 0.660. The van der Waals surface area contributed by atoms with E-state index >= 15 is 0 Å². The maximum atomic E-state index is 11.7. The highest BCUT2D eigenvalue weighted by Crippen LogP contribution is 2.23. The second-order valence-corrected chi connectivity index (χ2v) is 5.02.